The lowest BCUT2D eigenvalue weighted by atomic mass is 10.1. The Morgan fingerprint density at radius 1 is 1.00 bits per heavy atom. The van der Waals surface area contributed by atoms with Gasteiger partial charge in [0.05, 0.1) is 0 Å². The van der Waals surface area contributed by atoms with E-state index >= 15 is 0 Å². The van der Waals surface area contributed by atoms with Crippen LogP contribution in [0.2, 0.25) is 5.02 Å². The molecule has 0 aliphatic heterocycles. The van der Waals surface area contributed by atoms with Gasteiger partial charge < -0.3 is 14.8 Å². The van der Waals surface area contributed by atoms with E-state index in [0.717, 1.165) is 0 Å². The summed E-state index contributed by atoms with van der Waals surface area (Å²) in [5.41, 5.74) is -0.913. The van der Waals surface area contributed by atoms with Crippen LogP contribution in [0.4, 0.5) is 4.79 Å². The molecule has 0 spiro atoms. The van der Waals surface area contributed by atoms with Gasteiger partial charge in [0, 0.05) is 10.6 Å². The molecule has 0 aliphatic rings. The molecule has 0 saturated heterocycles. The molecule has 1 aromatic carbocycles. The summed E-state index contributed by atoms with van der Waals surface area (Å²) in [4.78, 5) is 24.5. The second-order valence-electron chi connectivity index (χ2n) is 7.13. The first-order valence-corrected chi connectivity index (χ1v) is 7.74. The van der Waals surface area contributed by atoms with Crippen molar-refractivity contribution in [2.75, 3.05) is 0 Å². The zero-order valence-electron chi connectivity index (χ0n) is 14.4. The van der Waals surface area contributed by atoms with Crippen molar-refractivity contribution >= 4 is 23.7 Å². The number of alkyl carbamates (subject to hydrolysis) is 1. The Labute approximate surface area is 142 Å². The molecule has 0 radical (unpaired) electrons. The highest BCUT2D eigenvalue weighted by atomic mass is 35.5. The number of ether oxygens (including phenoxy) is 2. The number of carbonyl (C=O) groups excluding carboxylic acids is 2. The van der Waals surface area contributed by atoms with E-state index in [2.05, 4.69) is 5.32 Å². The van der Waals surface area contributed by atoms with Crippen molar-refractivity contribution in [1.82, 2.24) is 5.32 Å². The number of hydrogen-bond donors (Lipinski definition) is 1. The summed E-state index contributed by atoms with van der Waals surface area (Å²) in [5, 5.41) is 2.89. The van der Waals surface area contributed by atoms with E-state index in [-0.39, 0.29) is 0 Å². The Bertz CT molecular complexity index is 573. The quantitative estimate of drug-likeness (QED) is 0.835. The monoisotopic (exact) mass is 341 g/mol. The van der Waals surface area contributed by atoms with Gasteiger partial charge in [-0.3, -0.25) is 0 Å². The largest absolute Gasteiger partial charge is 0.458 e. The average Bonchev–Trinajstić information content (AvgIpc) is 2.32. The van der Waals surface area contributed by atoms with Crippen LogP contribution < -0.4 is 5.32 Å². The minimum Gasteiger partial charge on any atom is -0.458 e. The molecule has 128 valence electrons. The van der Waals surface area contributed by atoms with E-state index in [4.69, 9.17) is 21.1 Å². The van der Waals surface area contributed by atoms with Crippen molar-refractivity contribution in [2.24, 2.45) is 0 Å². The summed E-state index contributed by atoms with van der Waals surface area (Å²) < 4.78 is 10.6. The van der Waals surface area contributed by atoms with Crippen LogP contribution in [-0.2, 0) is 14.3 Å². The molecule has 6 heteroatoms. The van der Waals surface area contributed by atoms with Gasteiger partial charge in [0.15, 0.2) is 6.04 Å². The summed E-state index contributed by atoms with van der Waals surface area (Å²) >= 11 is 6.15. The Balaban J connectivity index is 3.05. The molecular weight excluding hydrogens is 318 g/mol. The first-order valence-electron chi connectivity index (χ1n) is 7.36. The van der Waals surface area contributed by atoms with Crippen LogP contribution in [-0.4, -0.2) is 23.3 Å². The summed E-state index contributed by atoms with van der Waals surface area (Å²) in [7, 11) is 0. The van der Waals surface area contributed by atoms with E-state index in [0.29, 0.717) is 10.6 Å². The van der Waals surface area contributed by atoms with Gasteiger partial charge >= 0.3 is 12.1 Å². The van der Waals surface area contributed by atoms with E-state index in [9.17, 15) is 9.59 Å². The fraction of sp³-hybridized carbons (Fsp3) is 0.529. The third-order valence-electron chi connectivity index (χ3n) is 2.52. The number of nitrogens with one attached hydrogen (secondary N) is 1. The molecular formula is C17H24ClNO4. The van der Waals surface area contributed by atoms with Crippen LogP contribution in [0.1, 0.15) is 53.1 Å². The number of benzene rings is 1. The van der Waals surface area contributed by atoms with E-state index < -0.39 is 29.3 Å². The number of esters is 1. The summed E-state index contributed by atoms with van der Waals surface area (Å²) in [6, 6.07) is 5.73. The molecule has 0 bridgehead atoms. The maximum Gasteiger partial charge on any atom is 0.408 e. The Kier molecular flexibility index (Phi) is 6.05. The zero-order chi connectivity index (χ0) is 17.8. The normalized spacial score (nSPS) is 13.2. The second-order valence-corrected chi connectivity index (χ2v) is 7.54. The maximum atomic E-state index is 12.5. The fourth-order valence-corrected chi connectivity index (χ4v) is 2.00. The number of amides is 1. The predicted octanol–water partition coefficient (Wildman–Crippen LogP) is 4.25. The lowest BCUT2D eigenvalue weighted by molar-refractivity contribution is -0.157. The lowest BCUT2D eigenvalue weighted by Crippen LogP contribution is -2.40. The van der Waals surface area contributed by atoms with Crippen LogP contribution in [0, 0.1) is 0 Å². The van der Waals surface area contributed by atoms with Crippen LogP contribution in [0.5, 0.6) is 0 Å². The third-order valence-corrected chi connectivity index (χ3v) is 2.86. The van der Waals surface area contributed by atoms with Crippen molar-refractivity contribution in [2.45, 2.75) is 58.8 Å². The Morgan fingerprint density at radius 3 is 2.00 bits per heavy atom. The number of halogens is 1. The zero-order valence-corrected chi connectivity index (χ0v) is 15.2. The number of hydrogen-bond acceptors (Lipinski definition) is 4. The topological polar surface area (TPSA) is 64.6 Å². The van der Waals surface area contributed by atoms with Crippen molar-refractivity contribution in [1.29, 1.82) is 0 Å². The Hall–Kier alpha value is -1.75. The molecule has 0 saturated carbocycles. The van der Waals surface area contributed by atoms with Gasteiger partial charge in [-0.15, -0.1) is 0 Å². The number of rotatable bonds is 3. The van der Waals surface area contributed by atoms with Crippen molar-refractivity contribution < 1.29 is 19.1 Å². The summed E-state index contributed by atoms with van der Waals surface area (Å²) in [6.07, 6.45) is -0.715. The smallest absolute Gasteiger partial charge is 0.408 e. The SMILES string of the molecule is CC(C)(C)OC(=O)NC(C(=O)OC(C)(C)C)c1ccccc1Cl. The first-order chi connectivity index (χ1) is 10.4. The summed E-state index contributed by atoms with van der Waals surface area (Å²) in [6.45, 7) is 10.5. The molecule has 0 aliphatic carbocycles. The molecule has 1 atom stereocenters. The minimum atomic E-state index is -1.04. The fourth-order valence-electron chi connectivity index (χ4n) is 1.76. The average molecular weight is 342 g/mol. The van der Waals surface area contributed by atoms with E-state index in [1.807, 2.05) is 0 Å². The van der Waals surface area contributed by atoms with Gasteiger partial charge in [-0.2, -0.15) is 0 Å². The van der Waals surface area contributed by atoms with Gasteiger partial charge in [-0.05, 0) is 47.6 Å². The summed E-state index contributed by atoms with van der Waals surface area (Å²) in [5.74, 6) is -0.601. The lowest BCUT2D eigenvalue weighted by Gasteiger charge is -2.26. The highest BCUT2D eigenvalue weighted by Crippen LogP contribution is 2.26. The molecule has 5 nitrogen and oxygen atoms in total. The molecule has 1 amide bonds. The Morgan fingerprint density at radius 2 is 1.52 bits per heavy atom. The third kappa shape index (κ3) is 6.91. The standard InChI is InChI=1S/C17H24ClNO4/c1-16(2,3)22-14(20)13(11-9-7-8-10-12(11)18)19-15(21)23-17(4,5)6/h7-10,13H,1-6H3,(H,19,21). The van der Waals surface area contributed by atoms with E-state index in [1.54, 1.807) is 65.8 Å². The van der Waals surface area contributed by atoms with Gasteiger partial charge in [0.2, 0.25) is 0 Å². The van der Waals surface area contributed by atoms with E-state index in [1.165, 1.54) is 0 Å². The van der Waals surface area contributed by atoms with Crippen LogP contribution in [0.3, 0.4) is 0 Å². The molecule has 0 aromatic heterocycles. The van der Waals surface area contributed by atoms with Crippen LogP contribution >= 0.6 is 11.6 Å². The van der Waals surface area contributed by atoms with Gasteiger partial charge in [0.1, 0.15) is 11.2 Å². The van der Waals surface area contributed by atoms with Crippen LogP contribution in [0.15, 0.2) is 24.3 Å². The van der Waals surface area contributed by atoms with Gasteiger partial charge in [-0.25, -0.2) is 9.59 Å². The first kappa shape index (κ1) is 19.3. The van der Waals surface area contributed by atoms with Crippen molar-refractivity contribution in [3.8, 4) is 0 Å². The highest BCUT2D eigenvalue weighted by molar-refractivity contribution is 6.31. The minimum absolute atomic E-state index is 0.361. The molecule has 1 unspecified atom stereocenters. The molecule has 1 rings (SSSR count). The maximum absolute atomic E-state index is 12.5. The van der Waals surface area contributed by atoms with Gasteiger partial charge in [0.25, 0.3) is 0 Å². The molecule has 1 aromatic rings. The predicted molar refractivity (Wildman–Crippen MR) is 89.4 cm³/mol. The van der Waals surface area contributed by atoms with Crippen molar-refractivity contribution in [3.05, 3.63) is 34.9 Å². The van der Waals surface area contributed by atoms with Crippen molar-refractivity contribution in [3.63, 3.8) is 0 Å². The molecule has 1 N–H and O–H groups in total. The molecule has 0 heterocycles. The second kappa shape index (κ2) is 7.21. The highest BCUT2D eigenvalue weighted by Gasteiger charge is 2.31. The molecule has 23 heavy (non-hydrogen) atoms. The number of carbonyl (C=O) groups is 2. The van der Waals surface area contributed by atoms with Gasteiger partial charge in [-0.1, -0.05) is 29.8 Å². The molecule has 0 fully saturated rings. The van der Waals surface area contributed by atoms with Crippen LogP contribution in [0.25, 0.3) is 0 Å².